The Bertz CT molecular complexity index is 784. The van der Waals surface area contributed by atoms with E-state index in [1.807, 2.05) is 31.2 Å². The minimum Gasteiger partial charge on any atom is -0.326 e. The summed E-state index contributed by atoms with van der Waals surface area (Å²) in [6.45, 7) is 2.08. The molecule has 2 aromatic rings. The quantitative estimate of drug-likeness (QED) is 0.903. The van der Waals surface area contributed by atoms with Crippen molar-refractivity contribution in [3.05, 3.63) is 63.0 Å². The fourth-order valence-corrected chi connectivity index (χ4v) is 2.89. The maximum absolute atomic E-state index is 12.1. The lowest BCUT2D eigenvalue weighted by atomic mass is 10.1. The summed E-state index contributed by atoms with van der Waals surface area (Å²) >= 11 is 5.63. The summed E-state index contributed by atoms with van der Waals surface area (Å²) in [6.07, 6.45) is 1.12. The van der Waals surface area contributed by atoms with Crippen LogP contribution in [0.15, 0.2) is 46.2 Å². The van der Waals surface area contributed by atoms with E-state index in [1.54, 1.807) is 0 Å². The third-order valence-electron chi connectivity index (χ3n) is 2.86. The van der Waals surface area contributed by atoms with Gasteiger partial charge in [0.15, 0.2) is 0 Å². The predicted octanol–water partition coefficient (Wildman–Crippen LogP) is 1.82. The summed E-state index contributed by atoms with van der Waals surface area (Å²) in [4.78, 5) is 13.3. The topological polar surface area (TPSA) is 79.0 Å². The molecule has 1 aromatic carbocycles. The number of pyridine rings is 1. The van der Waals surface area contributed by atoms with Gasteiger partial charge in [-0.2, -0.15) is 0 Å². The van der Waals surface area contributed by atoms with E-state index in [2.05, 4.69) is 9.71 Å². The van der Waals surface area contributed by atoms with Gasteiger partial charge in [-0.25, -0.2) is 13.1 Å². The fraction of sp³-hybridized carbons (Fsp3) is 0.154. The highest BCUT2D eigenvalue weighted by Crippen LogP contribution is 2.12. The van der Waals surface area contributed by atoms with Gasteiger partial charge in [0, 0.05) is 12.7 Å². The molecule has 0 saturated heterocycles. The predicted molar refractivity (Wildman–Crippen MR) is 77.3 cm³/mol. The number of aryl methyl sites for hydroxylation is 1. The van der Waals surface area contributed by atoms with Crippen molar-refractivity contribution in [3.8, 4) is 0 Å². The molecule has 0 unspecified atom stereocenters. The van der Waals surface area contributed by atoms with Crippen LogP contribution in [0.5, 0.6) is 0 Å². The monoisotopic (exact) mass is 312 g/mol. The molecule has 1 aromatic heterocycles. The van der Waals surface area contributed by atoms with Crippen molar-refractivity contribution >= 4 is 21.6 Å². The minimum absolute atomic E-state index is 0.0734. The normalized spacial score (nSPS) is 11.5. The number of halogens is 1. The number of hydrogen-bond acceptors (Lipinski definition) is 3. The minimum atomic E-state index is -3.72. The summed E-state index contributed by atoms with van der Waals surface area (Å²) in [5, 5.41) is -0.163. The second kappa shape index (κ2) is 5.78. The standard InChI is InChI=1S/C13H13ClN2O3S/c1-9-4-2-3-5-10(9)7-16-20(18,19)11-6-12(14)13(17)15-8-11/h2-6,8,16H,7H2,1H3,(H,15,17). The molecule has 0 bridgehead atoms. The highest BCUT2D eigenvalue weighted by atomic mass is 35.5. The Balaban J connectivity index is 2.21. The molecular weight excluding hydrogens is 300 g/mol. The lowest BCUT2D eigenvalue weighted by molar-refractivity contribution is 0.580. The molecule has 7 heteroatoms. The Kier molecular flexibility index (Phi) is 4.27. The van der Waals surface area contributed by atoms with Crippen molar-refractivity contribution in [2.24, 2.45) is 0 Å². The Hall–Kier alpha value is -1.63. The SMILES string of the molecule is Cc1ccccc1CNS(=O)(=O)c1c[nH]c(=O)c(Cl)c1. The van der Waals surface area contributed by atoms with Crippen molar-refractivity contribution in [2.45, 2.75) is 18.4 Å². The van der Waals surface area contributed by atoms with Crippen LogP contribution < -0.4 is 10.3 Å². The number of H-pyrrole nitrogens is 1. The number of aromatic nitrogens is 1. The number of aromatic amines is 1. The summed E-state index contributed by atoms with van der Waals surface area (Å²) in [5.74, 6) is 0. The average Bonchev–Trinajstić information content (AvgIpc) is 2.41. The summed E-state index contributed by atoms with van der Waals surface area (Å²) in [5.41, 5.74) is 1.35. The first-order chi connectivity index (χ1) is 9.40. The molecule has 0 amide bonds. The van der Waals surface area contributed by atoms with Gasteiger partial charge in [-0.15, -0.1) is 0 Å². The maximum Gasteiger partial charge on any atom is 0.266 e. The van der Waals surface area contributed by atoms with Gasteiger partial charge >= 0.3 is 0 Å². The number of hydrogen-bond donors (Lipinski definition) is 2. The molecule has 0 atom stereocenters. The van der Waals surface area contributed by atoms with Crippen LogP contribution in [0, 0.1) is 6.92 Å². The Labute approximate surface area is 121 Å². The molecule has 0 aliphatic carbocycles. The first kappa shape index (κ1) is 14.8. The molecule has 2 N–H and O–H groups in total. The van der Waals surface area contributed by atoms with E-state index in [0.29, 0.717) is 0 Å². The van der Waals surface area contributed by atoms with Crippen LogP contribution in [0.3, 0.4) is 0 Å². The molecule has 0 aliphatic heterocycles. The molecule has 5 nitrogen and oxygen atoms in total. The van der Waals surface area contributed by atoms with E-state index < -0.39 is 15.6 Å². The Morgan fingerprint density at radius 2 is 2.00 bits per heavy atom. The first-order valence-electron chi connectivity index (χ1n) is 5.82. The van der Waals surface area contributed by atoms with Gasteiger partial charge in [0.25, 0.3) is 5.56 Å². The smallest absolute Gasteiger partial charge is 0.266 e. The lowest BCUT2D eigenvalue weighted by Crippen LogP contribution is -2.24. The van der Waals surface area contributed by atoms with E-state index in [1.165, 1.54) is 0 Å². The molecular formula is C13H13ClN2O3S. The zero-order chi connectivity index (χ0) is 14.8. The largest absolute Gasteiger partial charge is 0.326 e. The van der Waals surface area contributed by atoms with Crippen molar-refractivity contribution in [1.82, 2.24) is 9.71 Å². The summed E-state index contributed by atoms with van der Waals surface area (Å²) in [7, 11) is -3.72. The molecule has 0 spiro atoms. The Morgan fingerprint density at radius 1 is 1.30 bits per heavy atom. The van der Waals surface area contributed by atoms with E-state index in [0.717, 1.165) is 23.4 Å². The van der Waals surface area contributed by atoms with Gasteiger partial charge in [-0.1, -0.05) is 35.9 Å². The number of benzene rings is 1. The van der Waals surface area contributed by atoms with E-state index in [4.69, 9.17) is 11.6 Å². The Morgan fingerprint density at radius 3 is 2.65 bits per heavy atom. The van der Waals surface area contributed by atoms with Crippen LogP contribution in [0.2, 0.25) is 5.02 Å². The lowest BCUT2D eigenvalue weighted by Gasteiger charge is -2.08. The summed E-state index contributed by atoms with van der Waals surface area (Å²) < 4.78 is 26.6. The molecule has 0 radical (unpaired) electrons. The number of rotatable bonds is 4. The second-order valence-corrected chi connectivity index (χ2v) is 6.44. The highest BCUT2D eigenvalue weighted by molar-refractivity contribution is 7.89. The third-order valence-corrected chi connectivity index (χ3v) is 4.52. The van der Waals surface area contributed by atoms with Gasteiger partial charge in [0.1, 0.15) is 5.02 Å². The molecule has 20 heavy (non-hydrogen) atoms. The van der Waals surface area contributed by atoms with Crippen molar-refractivity contribution < 1.29 is 8.42 Å². The molecule has 1 heterocycles. The van der Waals surface area contributed by atoms with Crippen LogP contribution in [0.25, 0.3) is 0 Å². The number of nitrogens with one attached hydrogen (secondary N) is 2. The van der Waals surface area contributed by atoms with Gasteiger partial charge in [-0.3, -0.25) is 4.79 Å². The highest BCUT2D eigenvalue weighted by Gasteiger charge is 2.15. The van der Waals surface area contributed by atoms with Crippen LogP contribution in [0.4, 0.5) is 0 Å². The van der Waals surface area contributed by atoms with Gasteiger partial charge in [-0.05, 0) is 24.1 Å². The molecule has 0 fully saturated rings. The first-order valence-corrected chi connectivity index (χ1v) is 7.68. The van der Waals surface area contributed by atoms with Crippen LogP contribution in [0.1, 0.15) is 11.1 Å². The van der Waals surface area contributed by atoms with Gasteiger partial charge < -0.3 is 4.98 Å². The molecule has 106 valence electrons. The van der Waals surface area contributed by atoms with Crippen LogP contribution in [-0.4, -0.2) is 13.4 Å². The second-order valence-electron chi connectivity index (χ2n) is 4.26. The summed E-state index contributed by atoms with van der Waals surface area (Å²) in [6, 6.07) is 8.60. The van der Waals surface area contributed by atoms with Crippen molar-refractivity contribution in [3.63, 3.8) is 0 Å². The third kappa shape index (κ3) is 3.27. The molecule has 0 saturated carbocycles. The van der Waals surface area contributed by atoms with Gasteiger partial charge in [0.2, 0.25) is 10.0 Å². The van der Waals surface area contributed by atoms with Crippen LogP contribution >= 0.6 is 11.6 Å². The average molecular weight is 313 g/mol. The molecule has 2 rings (SSSR count). The van der Waals surface area contributed by atoms with Crippen LogP contribution in [-0.2, 0) is 16.6 Å². The van der Waals surface area contributed by atoms with Crippen molar-refractivity contribution in [1.29, 1.82) is 0 Å². The maximum atomic E-state index is 12.1. The van der Waals surface area contributed by atoms with Gasteiger partial charge in [0.05, 0.1) is 4.90 Å². The van der Waals surface area contributed by atoms with E-state index >= 15 is 0 Å². The van der Waals surface area contributed by atoms with E-state index in [9.17, 15) is 13.2 Å². The zero-order valence-corrected chi connectivity index (χ0v) is 12.3. The van der Waals surface area contributed by atoms with E-state index in [-0.39, 0.29) is 16.5 Å². The van der Waals surface area contributed by atoms with Crippen molar-refractivity contribution in [2.75, 3.05) is 0 Å². The number of sulfonamides is 1. The zero-order valence-electron chi connectivity index (χ0n) is 10.7. The fourth-order valence-electron chi connectivity index (χ4n) is 1.66. The molecule has 0 aliphatic rings.